The van der Waals surface area contributed by atoms with E-state index in [1.54, 1.807) is 0 Å². The van der Waals surface area contributed by atoms with E-state index in [0.717, 1.165) is 38.9 Å². The van der Waals surface area contributed by atoms with Crippen molar-refractivity contribution in [1.82, 2.24) is 15.5 Å². The molecular weight excluding hydrogens is 250 g/mol. The highest BCUT2D eigenvalue weighted by Gasteiger charge is 2.38. The molecule has 1 aliphatic carbocycles. The molecule has 2 heterocycles. The predicted octanol–water partition coefficient (Wildman–Crippen LogP) is 1.51. The number of carbonyl (C=O) groups excluding carboxylic acids is 1. The number of amides is 1. The zero-order valence-electron chi connectivity index (χ0n) is 12.8. The zero-order valence-corrected chi connectivity index (χ0v) is 12.8. The van der Waals surface area contributed by atoms with Crippen LogP contribution in [0, 0.1) is 5.92 Å². The molecule has 3 rings (SSSR count). The Bertz CT molecular complexity index is 346. The molecule has 0 aromatic heterocycles. The van der Waals surface area contributed by atoms with E-state index in [-0.39, 0.29) is 5.92 Å². The molecule has 114 valence electrons. The lowest BCUT2D eigenvalue weighted by Crippen LogP contribution is -2.57. The molecule has 4 nitrogen and oxygen atoms in total. The fraction of sp³-hybridized carbons (Fsp3) is 0.938. The maximum Gasteiger partial charge on any atom is 0.224 e. The van der Waals surface area contributed by atoms with Crippen LogP contribution in [0.25, 0.3) is 0 Å². The van der Waals surface area contributed by atoms with E-state index >= 15 is 0 Å². The average molecular weight is 279 g/mol. The molecule has 3 fully saturated rings. The molecule has 0 aromatic rings. The van der Waals surface area contributed by atoms with E-state index in [1.165, 1.54) is 32.1 Å². The predicted molar refractivity (Wildman–Crippen MR) is 80.6 cm³/mol. The minimum atomic E-state index is 0.220. The number of carbonyl (C=O) groups is 1. The number of likely N-dealkylation sites (tertiary alicyclic amines) is 1. The van der Waals surface area contributed by atoms with Crippen LogP contribution in [0.3, 0.4) is 0 Å². The number of nitrogens with one attached hydrogen (secondary N) is 2. The average Bonchev–Trinajstić information content (AvgIpc) is 2.86. The molecule has 2 saturated heterocycles. The highest BCUT2D eigenvalue weighted by Crippen LogP contribution is 2.34. The largest absolute Gasteiger partial charge is 0.353 e. The summed E-state index contributed by atoms with van der Waals surface area (Å²) in [5.74, 6) is 0.518. The third-order valence-electron chi connectivity index (χ3n) is 5.55. The van der Waals surface area contributed by atoms with Gasteiger partial charge in [0.05, 0.1) is 5.92 Å². The summed E-state index contributed by atoms with van der Waals surface area (Å²) in [6.07, 6.45) is 9.93. The van der Waals surface area contributed by atoms with Gasteiger partial charge in [-0.3, -0.25) is 4.79 Å². The number of rotatable bonds is 2. The van der Waals surface area contributed by atoms with Crippen LogP contribution in [0.15, 0.2) is 0 Å². The van der Waals surface area contributed by atoms with Crippen molar-refractivity contribution in [2.45, 2.75) is 62.9 Å². The van der Waals surface area contributed by atoms with Crippen LogP contribution in [-0.4, -0.2) is 49.1 Å². The number of hydrogen-bond donors (Lipinski definition) is 2. The van der Waals surface area contributed by atoms with Gasteiger partial charge < -0.3 is 15.5 Å². The quantitative estimate of drug-likeness (QED) is 0.805. The Balaban J connectivity index is 1.53. The fourth-order valence-corrected chi connectivity index (χ4v) is 4.36. The van der Waals surface area contributed by atoms with E-state index in [4.69, 9.17) is 0 Å². The summed E-state index contributed by atoms with van der Waals surface area (Å²) in [6.45, 7) is 3.06. The van der Waals surface area contributed by atoms with Crippen molar-refractivity contribution < 1.29 is 4.79 Å². The summed E-state index contributed by atoms with van der Waals surface area (Å²) >= 11 is 0. The molecule has 0 aromatic carbocycles. The van der Waals surface area contributed by atoms with Crippen LogP contribution in [0.4, 0.5) is 0 Å². The van der Waals surface area contributed by atoms with Crippen molar-refractivity contribution in [3.63, 3.8) is 0 Å². The normalized spacial score (nSPS) is 34.2. The van der Waals surface area contributed by atoms with E-state index in [1.807, 2.05) is 0 Å². The lowest BCUT2D eigenvalue weighted by atomic mass is 9.75. The van der Waals surface area contributed by atoms with E-state index in [2.05, 4.69) is 22.6 Å². The first kappa shape index (κ1) is 14.3. The van der Waals surface area contributed by atoms with Gasteiger partial charge in [-0.25, -0.2) is 0 Å². The van der Waals surface area contributed by atoms with Crippen molar-refractivity contribution in [3.05, 3.63) is 0 Å². The van der Waals surface area contributed by atoms with Gasteiger partial charge in [0.15, 0.2) is 0 Å². The molecule has 2 N–H and O–H groups in total. The maximum atomic E-state index is 12.4. The summed E-state index contributed by atoms with van der Waals surface area (Å²) < 4.78 is 0. The Morgan fingerprint density at radius 1 is 1.25 bits per heavy atom. The SMILES string of the molecule is CN1CCC(C(=O)NC2CCNC3(CCCCC3)C2)C1. The minimum absolute atomic E-state index is 0.220. The van der Waals surface area contributed by atoms with Gasteiger partial charge in [-0.15, -0.1) is 0 Å². The van der Waals surface area contributed by atoms with Crippen LogP contribution < -0.4 is 10.6 Å². The van der Waals surface area contributed by atoms with Crippen molar-refractivity contribution >= 4 is 5.91 Å². The second kappa shape index (κ2) is 6.02. The molecule has 0 radical (unpaired) electrons. The zero-order chi connectivity index (χ0) is 14.0. The van der Waals surface area contributed by atoms with Gasteiger partial charge in [0.1, 0.15) is 0 Å². The van der Waals surface area contributed by atoms with Crippen molar-refractivity contribution in [2.75, 3.05) is 26.7 Å². The molecule has 2 unspecified atom stereocenters. The van der Waals surface area contributed by atoms with Crippen LogP contribution in [0.1, 0.15) is 51.4 Å². The van der Waals surface area contributed by atoms with Gasteiger partial charge in [-0.1, -0.05) is 19.3 Å². The summed E-state index contributed by atoms with van der Waals surface area (Å²) in [5.41, 5.74) is 0.334. The first-order chi connectivity index (χ1) is 9.67. The molecular formula is C16H29N3O. The van der Waals surface area contributed by atoms with Crippen LogP contribution in [0.2, 0.25) is 0 Å². The molecule has 2 atom stereocenters. The molecule has 3 aliphatic rings. The number of piperidine rings is 1. The Hall–Kier alpha value is -0.610. The highest BCUT2D eigenvalue weighted by molar-refractivity contribution is 5.79. The third kappa shape index (κ3) is 3.17. The molecule has 1 saturated carbocycles. The molecule has 1 spiro atoms. The second-order valence-electron chi connectivity index (χ2n) is 7.21. The molecule has 4 heteroatoms. The van der Waals surface area contributed by atoms with Gasteiger partial charge in [-0.2, -0.15) is 0 Å². The Labute approximate surface area is 122 Å². The molecule has 20 heavy (non-hydrogen) atoms. The van der Waals surface area contributed by atoms with Crippen LogP contribution in [-0.2, 0) is 4.79 Å². The third-order valence-corrected chi connectivity index (χ3v) is 5.55. The summed E-state index contributed by atoms with van der Waals surface area (Å²) in [7, 11) is 2.11. The maximum absolute atomic E-state index is 12.4. The van der Waals surface area contributed by atoms with E-state index in [0.29, 0.717) is 17.5 Å². The van der Waals surface area contributed by atoms with Gasteiger partial charge in [0.2, 0.25) is 5.91 Å². The van der Waals surface area contributed by atoms with Crippen molar-refractivity contribution in [3.8, 4) is 0 Å². The Morgan fingerprint density at radius 3 is 2.75 bits per heavy atom. The lowest BCUT2D eigenvalue weighted by molar-refractivity contribution is -0.125. The summed E-state index contributed by atoms with van der Waals surface area (Å²) in [6, 6.07) is 0.396. The number of nitrogens with zero attached hydrogens (tertiary/aromatic N) is 1. The molecule has 1 amide bonds. The van der Waals surface area contributed by atoms with Crippen molar-refractivity contribution in [2.24, 2.45) is 5.92 Å². The lowest BCUT2D eigenvalue weighted by Gasteiger charge is -2.45. The van der Waals surface area contributed by atoms with Gasteiger partial charge >= 0.3 is 0 Å². The second-order valence-corrected chi connectivity index (χ2v) is 7.21. The van der Waals surface area contributed by atoms with Crippen LogP contribution >= 0.6 is 0 Å². The standard InChI is InChI=1S/C16H29N3O/c1-19-10-6-13(12-19)15(20)18-14-5-9-17-16(11-14)7-3-2-4-8-16/h13-14,17H,2-12H2,1H3,(H,18,20). The first-order valence-corrected chi connectivity index (χ1v) is 8.41. The molecule has 0 bridgehead atoms. The fourth-order valence-electron chi connectivity index (χ4n) is 4.36. The van der Waals surface area contributed by atoms with Crippen molar-refractivity contribution in [1.29, 1.82) is 0 Å². The van der Waals surface area contributed by atoms with E-state index < -0.39 is 0 Å². The van der Waals surface area contributed by atoms with Gasteiger partial charge in [0, 0.05) is 18.1 Å². The molecule has 2 aliphatic heterocycles. The number of hydrogen-bond acceptors (Lipinski definition) is 3. The minimum Gasteiger partial charge on any atom is -0.353 e. The summed E-state index contributed by atoms with van der Waals surface area (Å²) in [5, 5.41) is 7.10. The smallest absolute Gasteiger partial charge is 0.224 e. The topological polar surface area (TPSA) is 44.4 Å². The van der Waals surface area contributed by atoms with Crippen LogP contribution in [0.5, 0.6) is 0 Å². The summed E-state index contributed by atoms with van der Waals surface area (Å²) in [4.78, 5) is 14.6. The van der Waals surface area contributed by atoms with E-state index in [9.17, 15) is 4.79 Å². The van der Waals surface area contributed by atoms with Gasteiger partial charge in [-0.05, 0) is 52.2 Å². The highest BCUT2D eigenvalue weighted by atomic mass is 16.2. The van der Waals surface area contributed by atoms with Gasteiger partial charge in [0.25, 0.3) is 0 Å². The monoisotopic (exact) mass is 279 g/mol. The Morgan fingerprint density at radius 2 is 2.05 bits per heavy atom. The Kier molecular flexibility index (Phi) is 4.32. The first-order valence-electron chi connectivity index (χ1n) is 8.41.